The normalized spacial score (nSPS) is 32.0. The van der Waals surface area contributed by atoms with Crippen LogP contribution in [0.15, 0.2) is 0 Å². The minimum Gasteiger partial charge on any atom is -0.335 e. The van der Waals surface area contributed by atoms with Gasteiger partial charge < -0.3 is 10.2 Å². The molecule has 2 amide bonds. The molecule has 20 heavy (non-hydrogen) atoms. The van der Waals surface area contributed by atoms with Crippen molar-refractivity contribution < 1.29 is 4.79 Å². The highest BCUT2D eigenvalue weighted by atomic mass is 16.2. The second-order valence-corrected chi connectivity index (χ2v) is 7.02. The maximum Gasteiger partial charge on any atom is 0.317 e. The molecule has 3 unspecified atom stereocenters. The van der Waals surface area contributed by atoms with Crippen LogP contribution in [0.3, 0.4) is 0 Å². The number of urea groups is 1. The third kappa shape index (κ3) is 3.11. The van der Waals surface area contributed by atoms with Gasteiger partial charge in [0.25, 0.3) is 0 Å². The average Bonchev–Trinajstić information content (AvgIpc) is 3.17. The zero-order valence-electron chi connectivity index (χ0n) is 13.0. The van der Waals surface area contributed by atoms with Gasteiger partial charge in [-0.3, -0.25) is 4.90 Å². The van der Waals surface area contributed by atoms with Crippen molar-refractivity contribution in [3.8, 4) is 0 Å². The molecule has 0 radical (unpaired) electrons. The predicted octanol–water partition coefficient (Wildman–Crippen LogP) is 2.44. The van der Waals surface area contributed by atoms with Crippen molar-refractivity contribution in [2.75, 3.05) is 20.1 Å². The maximum atomic E-state index is 12.5. The summed E-state index contributed by atoms with van der Waals surface area (Å²) in [4.78, 5) is 17.1. The van der Waals surface area contributed by atoms with E-state index < -0.39 is 0 Å². The molecule has 0 aromatic carbocycles. The van der Waals surface area contributed by atoms with Gasteiger partial charge in [0.1, 0.15) is 0 Å². The number of nitrogens with one attached hydrogen (secondary N) is 1. The number of hydrogen-bond donors (Lipinski definition) is 1. The molecule has 0 aromatic heterocycles. The van der Waals surface area contributed by atoms with Crippen molar-refractivity contribution >= 4 is 6.03 Å². The summed E-state index contributed by atoms with van der Waals surface area (Å²) in [6, 6.07) is 1.84. The Morgan fingerprint density at radius 3 is 2.65 bits per heavy atom. The number of carbonyl (C=O) groups is 1. The molecule has 0 aromatic rings. The van der Waals surface area contributed by atoms with E-state index in [4.69, 9.17) is 0 Å². The van der Waals surface area contributed by atoms with Crippen molar-refractivity contribution in [1.82, 2.24) is 15.1 Å². The van der Waals surface area contributed by atoms with Gasteiger partial charge in [-0.25, -0.2) is 4.79 Å². The third-order valence-corrected chi connectivity index (χ3v) is 5.57. The molecule has 3 fully saturated rings. The smallest absolute Gasteiger partial charge is 0.317 e. The largest absolute Gasteiger partial charge is 0.335 e. The molecule has 3 rings (SSSR count). The molecular formula is C16H29N3O. The topological polar surface area (TPSA) is 35.6 Å². The van der Waals surface area contributed by atoms with Crippen LogP contribution in [0.2, 0.25) is 0 Å². The number of fused-ring (bicyclic) bond motifs is 2. The maximum absolute atomic E-state index is 12.5. The van der Waals surface area contributed by atoms with E-state index in [2.05, 4.69) is 29.1 Å². The second kappa shape index (κ2) is 5.92. The van der Waals surface area contributed by atoms with Gasteiger partial charge in [-0.05, 0) is 45.1 Å². The lowest BCUT2D eigenvalue weighted by Gasteiger charge is -2.28. The van der Waals surface area contributed by atoms with E-state index >= 15 is 0 Å². The highest BCUT2D eigenvalue weighted by molar-refractivity contribution is 5.74. The van der Waals surface area contributed by atoms with Crippen LogP contribution in [0, 0.1) is 5.92 Å². The monoisotopic (exact) mass is 279 g/mol. The summed E-state index contributed by atoms with van der Waals surface area (Å²) in [7, 11) is 2.23. The molecule has 0 spiro atoms. The number of likely N-dealkylation sites (N-methyl/N-ethyl adjacent to an activating group) is 1. The summed E-state index contributed by atoms with van der Waals surface area (Å²) in [6.07, 6.45) is 8.68. The van der Waals surface area contributed by atoms with Gasteiger partial charge in [0.15, 0.2) is 0 Å². The molecule has 2 heterocycles. The van der Waals surface area contributed by atoms with Crippen LogP contribution >= 0.6 is 0 Å². The standard InChI is InChI=1S/C16H29N3O/c1-3-13(10-12-4-5-12)17-16(20)19-9-8-14-6-7-15(11-19)18(14)2/h12-15H,3-11H2,1-2H3,(H,17,20). The van der Waals surface area contributed by atoms with Gasteiger partial charge >= 0.3 is 6.03 Å². The number of hydrogen-bond acceptors (Lipinski definition) is 2. The van der Waals surface area contributed by atoms with Crippen LogP contribution in [0.4, 0.5) is 4.79 Å². The van der Waals surface area contributed by atoms with E-state index in [1.54, 1.807) is 0 Å². The van der Waals surface area contributed by atoms with Gasteiger partial charge in [0.2, 0.25) is 0 Å². The van der Waals surface area contributed by atoms with E-state index in [0.717, 1.165) is 31.8 Å². The van der Waals surface area contributed by atoms with E-state index in [-0.39, 0.29) is 6.03 Å². The summed E-state index contributed by atoms with van der Waals surface area (Å²) in [5.74, 6) is 0.881. The van der Waals surface area contributed by atoms with Crippen LogP contribution in [0.25, 0.3) is 0 Å². The fourth-order valence-corrected chi connectivity index (χ4v) is 3.84. The van der Waals surface area contributed by atoms with Crippen LogP contribution in [-0.4, -0.2) is 54.1 Å². The molecule has 3 atom stereocenters. The number of nitrogens with zero attached hydrogens (tertiary/aromatic N) is 2. The Kier molecular flexibility index (Phi) is 4.20. The quantitative estimate of drug-likeness (QED) is 0.858. The van der Waals surface area contributed by atoms with Gasteiger partial charge in [0, 0.05) is 31.2 Å². The number of likely N-dealkylation sites (tertiary alicyclic amines) is 1. The summed E-state index contributed by atoms with van der Waals surface area (Å²) in [5, 5.41) is 3.28. The Labute approximate surface area is 122 Å². The lowest BCUT2D eigenvalue weighted by atomic mass is 10.1. The van der Waals surface area contributed by atoms with E-state index in [0.29, 0.717) is 18.1 Å². The molecule has 1 aliphatic carbocycles. The van der Waals surface area contributed by atoms with Crippen LogP contribution < -0.4 is 5.32 Å². The van der Waals surface area contributed by atoms with Gasteiger partial charge in [-0.15, -0.1) is 0 Å². The lowest BCUT2D eigenvalue weighted by molar-refractivity contribution is 0.183. The van der Waals surface area contributed by atoms with Crippen molar-refractivity contribution in [2.45, 2.75) is 70.0 Å². The molecule has 2 saturated heterocycles. The van der Waals surface area contributed by atoms with Crippen LogP contribution in [0.5, 0.6) is 0 Å². The molecular weight excluding hydrogens is 250 g/mol. The van der Waals surface area contributed by atoms with Crippen molar-refractivity contribution in [2.24, 2.45) is 5.92 Å². The summed E-state index contributed by atoms with van der Waals surface area (Å²) in [6.45, 7) is 4.03. The van der Waals surface area contributed by atoms with E-state index in [1.165, 1.54) is 32.1 Å². The zero-order valence-corrected chi connectivity index (χ0v) is 13.0. The first kappa shape index (κ1) is 14.2. The summed E-state index contributed by atoms with van der Waals surface area (Å²) >= 11 is 0. The van der Waals surface area contributed by atoms with Gasteiger partial charge in [0.05, 0.1) is 0 Å². The Balaban J connectivity index is 1.53. The Bertz CT molecular complexity index is 356. The van der Waals surface area contributed by atoms with Crippen molar-refractivity contribution in [3.63, 3.8) is 0 Å². The van der Waals surface area contributed by atoms with E-state index in [9.17, 15) is 4.79 Å². The van der Waals surface area contributed by atoms with Crippen LogP contribution in [-0.2, 0) is 0 Å². The molecule has 1 saturated carbocycles. The van der Waals surface area contributed by atoms with Gasteiger partial charge in [-0.2, -0.15) is 0 Å². The predicted molar refractivity (Wildman–Crippen MR) is 80.7 cm³/mol. The first-order valence-electron chi connectivity index (χ1n) is 8.44. The Morgan fingerprint density at radius 2 is 1.95 bits per heavy atom. The third-order valence-electron chi connectivity index (χ3n) is 5.57. The lowest BCUT2D eigenvalue weighted by Crippen LogP contribution is -2.48. The molecule has 4 heteroatoms. The highest BCUT2D eigenvalue weighted by Gasteiger charge is 2.36. The van der Waals surface area contributed by atoms with Gasteiger partial charge in [-0.1, -0.05) is 19.8 Å². The zero-order chi connectivity index (χ0) is 14.1. The number of rotatable bonds is 4. The minimum atomic E-state index is 0.179. The fourth-order valence-electron chi connectivity index (χ4n) is 3.84. The Morgan fingerprint density at radius 1 is 1.20 bits per heavy atom. The van der Waals surface area contributed by atoms with E-state index in [1.807, 2.05) is 0 Å². The molecule has 4 nitrogen and oxygen atoms in total. The minimum absolute atomic E-state index is 0.179. The second-order valence-electron chi connectivity index (χ2n) is 7.02. The van der Waals surface area contributed by atoms with Crippen molar-refractivity contribution in [3.05, 3.63) is 0 Å². The first-order chi connectivity index (χ1) is 9.67. The summed E-state index contributed by atoms with van der Waals surface area (Å²) in [5.41, 5.74) is 0. The molecule has 1 N–H and O–H groups in total. The number of amides is 2. The summed E-state index contributed by atoms with van der Waals surface area (Å²) < 4.78 is 0. The van der Waals surface area contributed by atoms with Crippen molar-refractivity contribution in [1.29, 1.82) is 0 Å². The molecule has 2 bridgehead atoms. The molecule has 114 valence electrons. The SMILES string of the molecule is CCC(CC1CC1)NC(=O)N1CCC2CCC(C1)N2C. The molecule has 2 aliphatic heterocycles. The molecule has 3 aliphatic rings. The average molecular weight is 279 g/mol. The number of carbonyl (C=O) groups excluding carboxylic acids is 1. The van der Waals surface area contributed by atoms with Crippen LogP contribution in [0.1, 0.15) is 51.9 Å². The first-order valence-corrected chi connectivity index (χ1v) is 8.44. The Hall–Kier alpha value is -0.770. The highest BCUT2D eigenvalue weighted by Crippen LogP contribution is 2.34. The fraction of sp³-hybridized carbons (Fsp3) is 0.938.